The number of aryl methyl sites for hydroxylation is 1. The number of carbonyl (C=O) groups is 2. The topological polar surface area (TPSA) is 91.6 Å². The highest BCUT2D eigenvalue weighted by molar-refractivity contribution is 5.88. The van der Waals surface area contributed by atoms with Gasteiger partial charge in [-0.3, -0.25) is 4.79 Å². The zero-order chi connectivity index (χ0) is 13.8. The summed E-state index contributed by atoms with van der Waals surface area (Å²) in [5.74, 6) is 0.0291. The Hall–Kier alpha value is -1.82. The highest BCUT2D eigenvalue weighted by Crippen LogP contribution is 2.18. The molecule has 1 aromatic rings. The minimum atomic E-state index is -0.990. The van der Waals surface area contributed by atoms with Crippen LogP contribution in [-0.2, 0) is 11.3 Å². The third-order valence-corrected chi connectivity index (χ3v) is 2.97. The Morgan fingerprint density at radius 1 is 1.47 bits per heavy atom. The van der Waals surface area contributed by atoms with Crippen LogP contribution in [0.5, 0.6) is 0 Å². The second-order valence-corrected chi connectivity index (χ2v) is 4.76. The molecule has 1 amide bonds. The predicted octanol–water partition coefficient (Wildman–Crippen LogP) is 1.04. The quantitative estimate of drug-likeness (QED) is 0.641. The maximum atomic E-state index is 11.4. The first-order chi connectivity index (χ1) is 9.06. The lowest BCUT2D eigenvalue weighted by atomic mass is 10.2. The van der Waals surface area contributed by atoms with Crippen molar-refractivity contribution in [3.63, 3.8) is 0 Å². The number of aromatic carboxylic acids is 1. The zero-order valence-electron chi connectivity index (χ0n) is 10.9. The molecule has 0 aliphatic heterocycles. The van der Waals surface area contributed by atoms with Gasteiger partial charge in [-0.15, -0.1) is 0 Å². The van der Waals surface area contributed by atoms with Gasteiger partial charge in [0.1, 0.15) is 17.1 Å². The molecule has 0 aromatic carbocycles. The Kier molecular flexibility index (Phi) is 4.21. The van der Waals surface area contributed by atoms with Crippen molar-refractivity contribution >= 4 is 11.9 Å². The lowest BCUT2D eigenvalue weighted by Crippen LogP contribution is -2.28. The number of amides is 1. The zero-order valence-corrected chi connectivity index (χ0v) is 10.9. The number of hydrogen-bond acceptors (Lipinski definition) is 4. The van der Waals surface area contributed by atoms with Gasteiger partial charge in [0, 0.05) is 19.0 Å². The van der Waals surface area contributed by atoms with Gasteiger partial charge in [0.2, 0.25) is 5.91 Å². The maximum Gasteiger partial charge on any atom is 0.339 e. The van der Waals surface area contributed by atoms with Gasteiger partial charge in [-0.1, -0.05) is 0 Å². The molecule has 1 fully saturated rings. The number of carbonyl (C=O) groups excluding carboxylic acids is 1. The molecule has 1 aliphatic rings. The Morgan fingerprint density at radius 3 is 2.79 bits per heavy atom. The number of carboxylic acid groups (broad SMARTS) is 1. The monoisotopic (exact) mass is 266 g/mol. The molecule has 3 N–H and O–H groups in total. The minimum Gasteiger partial charge on any atom is -0.478 e. The molecule has 1 aromatic heterocycles. The Morgan fingerprint density at radius 2 is 2.21 bits per heavy atom. The van der Waals surface area contributed by atoms with Gasteiger partial charge in [0.15, 0.2) is 0 Å². The van der Waals surface area contributed by atoms with Gasteiger partial charge in [0.25, 0.3) is 0 Å². The van der Waals surface area contributed by atoms with Gasteiger partial charge in [0.05, 0.1) is 6.54 Å². The normalized spacial score (nSPS) is 14.4. The molecule has 19 heavy (non-hydrogen) atoms. The first-order valence-corrected chi connectivity index (χ1v) is 6.39. The number of nitrogens with one attached hydrogen (secondary N) is 2. The van der Waals surface area contributed by atoms with Crippen LogP contribution in [0, 0.1) is 6.92 Å². The van der Waals surface area contributed by atoms with Crippen LogP contribution in [-0.4, -0.2) is 29.6 Å². The fourth-order valence-electron chi connectivity index (χ4n) is 1.78. The van der Waals surface area contributed by atoms with Crippen molar-refractivity contribution in [3.05, 3.63) is 23.2 Å². The van der Waals surface area contributed by atoms with Gasteiger partial charge in [-0.2, -0.15) is 0 Å². The molecule has 6 heteroatoms. The first-order valence-electron chi connectivity index (χ1n) is 6.39. The fraction of sp³-hybridized carbons (Fsp3) is 0.538. The van der Waals surface area contributed by atoms with Gasteiger partial charge in [-0.05, 0) is 25.8 Å². The fourth-order valence-corrected chi connectivity index (χ4v) is 1.78. The van der Waals surface area contributed by atoms with E-state index in [4.69, 9.17) is 9.52 Å². The van der Waals surface area contributed by atoms with Crippen molar-refractivity contribution in [3.8, 4) is 0 Å². The molecule has 0 spiro atoms. The highest BCUT2D eigenvalue weighted by Gasteiger charge is 2.22. The summed E-state index contributed by atoms with van der Waals surface area (Å²) in [6, 6.07) is 1.90. The van der Waals surface area contributed by atoms with Crippen LogP contribution in [0.4, 0.5) is 0 Å². The van der Waals surface area contributed by atoms with E-state index < -0.39 is 5.97 Å². The smallest absolute Gasteiger partial charge is 0.339 e. The van der Waals surface area contributed by atoms with E-state index >= 15 is 0 Å². The van der Waals surface area contributed by atoms with E-state index in [1.165, 1.54) is 6.07 Å². The van der Waals surface area contributed by atoms with E-state index in [1.54, 1.807) is 6.92 Å². The summed E-state index contributed by atoms with van der Waals surface area (Å²) in [6.45, 7) is 2.58. The molecule has 6 nitrogen and oxygen atoms in total. The van der Waals surface area contributed by atoms with E-state index in [-0.39, 0.29) is 11.5 Å². The van der Waals surface area contributed by atoms with E-state index in [0.29, 0.717) is 37.1 Å². The number of carboxylic acids is 1. The molecule has 0 atom stereocenters. The molecule has 1 heterocycles. The van der Waals surface area contributed by atoms with Crippen LogP contribution in [0.25, 0.3) is 0 Å². The number of furan rings is 1. The second kappa shape index (κ2) is 5.88. The van der Waals surface area contributed by atoms with Crippen LogP contribution in [0.1, 0.15) is 41.1 Å². The molecule has 1 aliphatic carbocycles. The molecule has 0 radical (unpaired) electrons. The summed E-state index contributed by atoms with van der Waals surface area (Å²) < 4.78 is 5.31. The van der Waals surface area contributed by atoms with E-state index in [9.17, 15) is 9.59 Å². The van der Waals surface area contributed by atoms with Crippen LogP contribution < -0.4 is 10.6 Å². The third-order valence-electron chi connectivity index (χ3n) is 2.97. The van der Waals surface area contributed by atoms with E-state index in [2.05, 4.69) is 10.6 Å². The molecule has 0 bridgehead atoms. The van der Waals surface area contributed by atoms with Gasteiger partial charge < -0.3 is 20.2 Å². The molecule has 0 unspecified atom stereocenters. The lowest BCUT2D eigenvalue weighted by molar-refractivity contribution is -0.121. The van der Waals surface area contributed by atoms with Crippen LogP contribution >= 0.6 is 0 Å². The highest BCUT2D eigenvalue weighted by atomic mass is 16.4. The molecule has 2 rings (SSSR count). The standard InChI is InChI=1S/C13H18N2O4/c1-8-11(13(17)18)6-10(19-8)7-14-5-4-12(16)15-9-2-3-9/h6,9,14H,2-5,7H2,1H3,(H,15,16)(H,17,18). The Balaban J connectivity index is 1.68. The molecular weight excluding hydrogens is 248 g/mol. The van der Waals surface area contributed by atoms with Crippen molar-refractivity contribution in [2.45, 2.75) is 38.8 Å². The third kappa shape index (κ3) is 4.10. The molecule has 0 saturated heterocycles. The summed E-state index contributed by atoms with van der Waals surface area (Å²) in [7, 11) is 0. The summed E-state index contributed by atoms with van der Waals surface area (Å²) in [4.78, 5) is 22.2. The summed E-state index contributed by atoms with van der Waals surface area (Å²) in [5, 5.41) is 14.8. The van der Waals surface area contributed by atoms with E-state index in [0.717, 1.165) is 12.8 Å². The molecule has 1 saturated carbocycles. The maximum absolute atomic E-state index is 11.4. The SMILES string of the molecule is Cc1oc(CNCCC(=O)NC2CC2)cc1C(=O)O. The minimum absolute atomic E-state index is 0.0526. The number of hydrogen-bond donors (Lipinski definition) is 3. The van der Waals surface area contributed by atoms with Crippen molar-refractivity contribution in [2.24, 2.45) is 0 Å². The van der Waals surface area contributed by atoms with E-state index in [1.807, 2.05) is 0 Å². The molecular formula is C13H18N2O4. The van der Waals surface area contributed by atoms with Crippen molar-refractivity contribution < 1.29 is 19.1 Å². The lowest BCUT2D eigenvalue weighted by Gasteiger charge is -2.03. The van der Waals surface area contributed by atoms with Crippen molar-refractivity contribution in [1.29, 1.82) is 0 Å². The number of rotatable bonds is 7. The first kappa shape index (κ1) is 13.6. The van der Waals surface area contributed by atoms with Crippen molar-refractivity contribution in [2.75, 3.05) is 6.54 Å². The molecule has 104 valence electrons. The van der Waals surface area contributed by atoms with Crippen LogP contribution in [0.3, 0.4) is 0 Å². The largest absolute Gasteiger partial charge is 0.478 e. The van der Waals surface area contributed by atoms with Crippen LogP contribution in [0.2, 0.25) is 0 Å². The predicted molar refractivity (Wildman–Crippen MR) is 67.9 cm³/mol. The van der Waals surface area contributed by atoms with Crippen LogP contribution in [0.15, 0.2) is 10.5 Å². The second-order valence-electron chi connectivity index (χ2n) is 4.76. The van der Waals surface area contributed by atoms with Gasteiger partial charge >= 0.3 is 5.97 Å². The average Bonchev–Trinajstić information content (AvgIpc) is 3.06. The average molecular weight is 266 g/mol. The summed E-state index contributed by atoms with van der Waals surface area (Å²) in [5.41, 5.74) is 0.184. The summed E-state index contributed by atoms with van der Waals surface area (Å²) >= 11 is 0. The Labute approximate surface area is 111 Å². The summed E-state index contributed by atoms with van der Waals surface area (Å²) in [6.07, 6.45) is 2.59. The Bertz CT molecular complexity index is 477. The van der Waals surface area contributed by atoms with Gasteiger partial charge in [-0.25, -0.2) is 4.79 Å². The van der Waals surface area contributed by atoms with Crippen molar-refractivity contribution in [1.82, 2.24) is 10.6 Å².